The van der Waals surface area contributed by atoms with Crippen LogP contribution in [0.5, 0.6) is 0 Å². The highest BCUT2D eigenvalue weighted by atomic mass is 15.1. The minimum atomic E-state index is 0.189. The zero-order valence-corrected chi connectivity index (χ0v) is 14.4. The molecule has 2 heteroatoms. The molecule has 21 heavy (non-hydrogen) atoms. The monoisotopic (exact) mass is 288 g/mol. The van der Waals surface area contributed by atoms with Crippen LogP contribution in [0.15, 0.2) is 24.3 Å². The van der Waals surface area contributed by atoms with Crippen molar-refractivity contribution < 1.29 is 0 Å². The van der Waals surface area contributed by atoms with Gasteiger partial charge in [-0.2, -0.15) is 0 Å². The molecule has 1 heterocycles. The Morgan fingerprint density at radius 1 is 1.19 bits per heavy atom. The number of rotatable bonds is 4. The van der Waals surface area contributed by atoms with E-state index in [0.717, 1.165) is 5.92 Å². The lowest BCUT2D eigenvalue weighted by atomic mass is 9.85. The molecule has 1 aromatic rings. The molecule has 1 aromatic carbocycles. The predicted octanol–water partition coefficient (Wildman–Crippen LogP) is 4.52. The lowest BCUT2D eigenvalue weighted by Crippen LogP contribution is -2.39. The summed E-state index contributed by atoms with van der Waals surface area (Å²) in [6, 6.07) is 9.33. The Morgan fingerprint density at radius 2 is 1.81 bits per heavy atom. The Morgan fingerprint density at radius 3 is 2.38 bits per heavy atom. The van der Waals surface area contributed by atoms with E-state index < -0.39 is 0 Å². The van der Waals surface area contributed by atoms with Gasteiger partial charge in [0.25, 0.3) is 0 Å². The second-order valence-corrected chi connectivity index (χ2v) is 7.50. The van der Waals surface area contributed by atoms with E-state index >= 15 is 0 Å². The third-order valence-corrected chi connectivity index (χ3v) is 4.90. The van der Waals surface area contributed by atoms with Gasteiger partial charge in [0.1, 0.15) is 0 Å². The first-order valence-corrected chi connectivity index (χ1v) is 8.50. The molecule has 2 rings (SSSR count). The van der Waals surface area contributed by atoms with Gasteiger partial charge in [-0.15, -0.1) is 0 Å². The smallest absolute Gasteiger partial charge is 0.0380 e. The van der Waals surface area contributed by atoms with Gasteiger partial charge in [-0.1, -0.05) is 45.9 Å². The predicted molar refractivity (Wildman–Crippen MR) is 93.1 cm³/mol. The number of para-hydroxylation sites is 1. The first kappa shape index (κ1) is 16.4. The van der Waals surface area contributed by atoms with Crippen LogP contribution in [-0.4, -0.2) is 30.6 Å². The number of likely N-dealkylation sites (tertiary alicyclic amines) is 1. The number of benzene rings is 1. The van der Waals surface area contributed by atoms with E-state index in [4.69, 9.17) is 0 Å². The molecule has 118 valence electrons. The highest BCUT2D eigenvalue weighted by molar-refractivity contribution is 5.54. The van der Waals surface area contributed by atoms with E-state index in [1.54, 1.807) is 0 Å². The van der Waals surface area contributed by atoms with Crippen LogP contribution < -0.4 is 5.32 Å². The topological polar surface area (TPSA) is 15.3 Å². The maximum absolute atomic E-state index is 3.80. The van der Waals surface area contributed by atoms with Crippen molar-refractivity contribution in [2.24, 2.45) is 5.92 Å². The van der Waals surface area contributed by atoms with Gasteiger partial charge in [0.05, 0.1) is 0 Å². The fourth-order valence-electron chi connectivity index (χ4n) is 3.40. The first-order valence-electron chi connectivity index (χ1n) is 8.50. The van der Waals surface area contributed by atoms with Crippen LogP contribution in [0, 0.1) is 5.92 Å². The van der Waals surface area contributed by atoms with Crippen molar-refractivity contribution >= 4 is 5.69 Å². The standard InChI is InChI=1S/C19H32N2/c1-6-21-13-11-16(12-14-21)15(2)20-18-10-8-7-9-17(18)19(3,4)5/h7-10,15-16,20H,6,11-14H2,1-5H3. The van der Waals surface area contributed by atoms with Gasteiger partial charge in [-0.3, -0.25) is 0 Å². The van der Waals surface area contributed by atoms with Crippen molar-refractivity contribution in [3.8, 4) is 0 Å². The van der Waals surface area contributed by atoms with Crippen LogP contribution in [0.3, 0.4) is 0 Å². The van der Waals surface area contributed by atoms with Crippen molar-refractivity contribution in [3.63, 3.8) is 0 Å². The van der Waals surface area contributed by atoms with E-state index in [2.05, 4.69) is 69.1 Å². The van der Waals surface area contributed by atoms with Gasteiger partial charge < -0.3 is 10.2 Å². The highest BCUT2D eigenvalue weighted by Gasteiger charge is 2.24. The molecule has 1 unspecified atom stereocenters. The molecule has 1 N–H and O–H groups in total. The summed E-state index contributed by atoms with van der Waals surface area (Å²) in [6.07, 6.45) is 2.64. The number of nitrogens with one attached hydrogen (secondary N) is 1. The summed E-state index contributed by atoms with van der Waals surface area (Å²) in [7, 11) is 0. The molecular weight excluding hydrogens is 256 g/mol. The third kappa shape index (κ3) is 4.23. The molecule has 0 amide bonds. The largest absolute Gasteiger partial charge is 0.382 e. The van der Waals surface area contributed by atoms with Crippen LogP contribution in [0.1, 0.15) is 53.0 Å². The zero-order chi connectivity index (χ0) is 15.5. The molecule has 0 saturated carbocycles. The van der Waals surface area contributed by atoms with Gasteiger partial charge in [-0.05, 0) is 62.4 Å². The van der Waals surface area contributed by atoms with Gasteiger partial charge in [0, 0.05) is 11.7 Å². The zero-order valence-electron chi connectivity index (χ0n) is 14.4. The van der Waals surface area contributed by atoms with Crippen LogP contribution in [0.25, 0.3) is 0 Å². The van der Waals surface area contributed by atoms with E-state index in [0.29, 0.717) is 6.04 Å². The molecule has 1 aliphatic heterocycles. The number of nitrogens with zero attached hydrogens (tertiary/aromatic N) is 1. The van der Waals surface area contributed by atoms with Crippen LogP contribution >= 0.6 is 0 Å². The Kier molecular flexibility index (Phi) is 5.32. The summed E-state index contributed by atoms with van der Waals surface area (Å²) in [5.41, 5.74) is 2.92. The molecular formula is C19H32N2. The molecule has 0 bridgehead atoms. The van der Waals surface area contributed by atoms with Crippen molar-refractivity contribution in [1.82, 2.24) is 4.90 Å². The summed E-state index contributed by atoms with van der Waals surface area (Å²) in [6.45, 7) is 15.2. The van der Waals surface area contributed by atoms with Crippen LogP contribution in [0.4, 0.5) is 5.69 Å². The van der Waals surface area contributed by atoms with Gasteiger partial charge in [-0.25, -0.2) is 0 Å². The number of hydrogen-bond acceptors (Lipinski definition) is 2. The maximum atomic E-state index is 3.80. The number of anilines is 1. The van der Waals surface area contributed by atoms with Gasteiger partial charge in [0.2, 0.25) is 0 Å². The average molecular weight is 288 g/mol. The first-order chi connectivity index (χ1) is 9.91. The summed E-state index contributed by atoms with van der Waals surface area (Å²) in [5, 5.41) is 3.80. The van der Waals surface area contributed by atoms with Crippen molar-refractivity contribution in [3.05, 3.63) is 29.8 Å². The second-order valence-electron chi connectivity index (χ2n) is 7.50. The average Bonchev–Trinajstić information content (AvgIpc) is 2.47. The van der Waals surface area contributed by atoms with E-state index in [9.17, 15) is 0 Å². The molecule has 0 radical (unpaired) electrons. The molecule has 1 aliphatic rings. The van der Waals surface area contributed by atoms with Gasteiger partial charge >= 0.3 is 0 Å². The summed E-state index contributed by atoms with van der Waals surface area (Å²) >= 11 is 0. The Hall–Kier alpha value is -1.02. The molecule has 0 aliphatic carbocycles. The molecule has 0 aromatic heterocycles. The Balaban J connectivity index is 2.02. The molecule has 1 fully saturated rings. The fraction of sp³-hybridized carbons (Fsp3) is 0.684. The van der Waals surface area contributed by atoms with E-state index in [-0.39, 0.29) is 5.41 Å². The molecule has 1 atom stereocenters. The Bertz CT molecular complexity index is 439. The van der Waals surface area contributed by atoms with Crippen LogP contribution in [-0.2, 0) is 5.41 Å². The maximum Gasteiger partial charge on any atom is 0.0380 e. The van der Waals surface area contributed by atoms with Crippen LogP contribution in [0.2, 0.25) is 0 Å². The number of hydrogen-bond donors (Lipinski definition) is 1. The molecule has 0 spiro atoms. The third-order valence-electron chi connectivity index (χ3n) is 4.90. The lowest BCUT2D eigenvalue weighted by molar-refractivity contribution is 0.183. The molecule has 2 nitrogen and oxygen atoms in total. The van der Waals surface area contributed by atoms with Crippen molar-refractivity contribution in [1.29, 1.82) is 0 Å². The van der Waals surface area contributed by atoms with E-state index in [1.807, 2.05) is 0 Å². The second kappa shape index (κ2) is 6.83. The minimum Gasteiger partial charge on any atom is -0.382 e. The summed E-state index contributed by atoms with van der Waals surface area (Å²) in [5.74, 6) is 0.792. The fourth-order valence-corrected chi connectivity index (χ4v) is 3.40. The van der Waals surface area contributed by atoms with Crippen molar-refractivity contribution in [2.75, 3.05) is 25.0 Å². The number of piperidine rings is 1. The minimum absolute atomic E-state index is 0.189. The molecule has 1 saturated heterocycles. The van der Waals surface area contributed by atoms with Crippen molar-refractivity contribution in [2.45, 2.75) is 58.9 Å². The van der Waals surface area contributed by atoms with E-state index in [1.165, 1.54) is 43.7 Å². The quantitative estimate of drug-likeness (QED) is 0.876. The Labute approximate surface area is 130 Å². The SMILES string of the molecule is CCN1CCC(C(C)Nc2ccccc2C(C)(C)C)CC1. The highest BCUT2D eigenvalue weighted by Crippen LogP contribution is 2.31. The lowest BCUT2D eigenvalue weighted by Gasteiger charge is -2.35. The summed E-state index contributed by atoms with van der Waals surface area (Å²) in [4.78, 5) is 2.56. The normalized spacial score (nSPS) is 19.5. The van der Waals surface area contributed by atoms with Gasteiger partial charge in [0.15, 0.2) is 0 Å². The summed E-state index contributed by atoms with van der Waals surface area (Å²) < 4.78 is 0.